The first-order chi connectivity index (χ1) is 22.2. The third-order valence-electron chi connectivity index (χ3n) is 6.94. The first-order valence-electron chi connectivity index (χ1n) is 14.5. The van der Waals surface area contributed by atoms with Crippen LogP contribution in [0, 0.1) is 5.41 Å². The number of hydrogen-bond donors (Lipinski definition) is 0. The molecule has 4 atom stereocenters. The predicted octanol–water partition coefficient (Wildman–Crippen LogP) is 7.13. The smallest absolute Gasteiger partial charge is 0.432 e. The molecule has 0 unspecified atom stereocenters. The first kappa shape index (κ1) is 40.0. The molecule has 2 aromatic carbocycles. The van der Waals surface area contributed by atoms with E-state index in [4.69, 9.17) is 23.7 Å². The van der Waals surface area contributed by atoms with Crippen LogP contribution in [0.1, 0.15) is 45.7 Å². The second-order valence-electron chi connectivity index (χ2n) is 11.6. The van der Waals surface area contributed by atoms with Crippen molar-refractivity contribution in [1.29, 1.82) is 0 Å². The minimum absolute atomic E-state index is 0.0439. The molecule has 0 aliphatic heterocycles. The van der Waals surface area contributed by atoms with Crippen molar-refractivity contribution in [3.8, 4) is 0 Å². The molecule has 0 N–H and O–H groups in total. The van der Waals surface area contributed by atoms with Gasteiger partial charge in [0.1, 0.15) is 18.8 Å². The van der Waals surface area contributed by atoms with Gasteiger partial charge in [-0.25, -0.2) is 9.59 Å². The maximum absolute atomic E-state index is 14.3. The summed E-state index contributed by atoms with van der Waals surface area (Å²) in [6.07, 6.45) is -9.67. The van der Waals surface area contributed by atoms with Gasteiger partial charge in [-0.1, -0.05) is 66.7 Å². The lowest BCUT2D eigenvalue weighted by Crippen LogP contribution is -2.52. The van der Waals surface area contributed by atoms with Crippen LogP contribution >= 0.6 is 0 Å². The largest absolute Gasteiger partial charge is 0.460 e. The minimum Gasteiger partial charge on any atom is -0.460 e. The third kappa shape index (κ3) is 9.04. The standard InChI is InChI=1S/C34H38F6O8/c1-22(47-28(42)31(44-6,33(35,36)37)25-14-10-8-11-15-25)18-19-24(21-46-27(41)30(3,4)5)20-23(2)48-29(43)32(45-7,34(38,39)40)26-16-12-9-13-17-26/h8-20,22-23H,21H2,1-7H3/b19-18+,24-20-/t22-,23-,31-,32-/m0/s1. The minimum atomic E-state index is -5.23. The molecule has 0 saturated carbocycles. The van der Waals surface area contributed by atoms with Crippen molar-refractivity contribution in [3.63, 3.8) is 0 Å². The fourth-order valence-electron chi connectivity index (χ4n) is 4.43. The quantitative estimate of drug-likeness (QED) is 0.0950. The Morgan fingerprint density at radius 1 is 0.667 bits per heavy atom. The number of ether oxygens (including phenoxy) is 5. The maximum atomic E-state index is 14.3. The lowest BCUT2D eigenvalue weighted by atomic mass is 9.92. The zero-order valence-electron chi connectivity index (χ0n) is 27.4. The van der Waals surface area contributed by atoms with Crippen LogP contribution in [0.15, 0.2) is 84.5 Å². The van der Waals surface area contributed by atoms with Gasteiger partial charge in [0.05, 0.1) is 5.41 Å². The van der Waals surface area contributed by atoms with E-state index in [0.29, 0.717) is 14.2 Å². The average Bonchev–Trinajstić information content (AvgIpc) is 2.98. The van der Waals surface area contributed by atoms with Crippen LogP contribution < -0.4 is 0 Å². The van der Waals surface area contributed by atoms with E-state index in [1.54, 1.807) is 20.8 Å². The molecule has 0 bridgehead atoms. The summed E-state index contributed by atoms with van der Waals surface area (Å²) in [4.78, 5) is 38.5. The highest BCUT2D eigenvalue weighted by molar-refractivity contribution is 5.83. The predicted molar refractivity (Wildman–Crippen MR) is 161 cm³/mol. The normalized spacial score (nSPS) is 16.7. The molecule has 0 spiro atoms. The molecule has 0 aliphatic carbocycles. The average molecular weight is 689 g/mol. The van der Waals surface area contributed by atoms with E-state index in [-0.39, 0.29) is 5.57 Å². The van der Waals surface area contributed by atoms with E-state index in [1.807, 2.05) is 0 Å². The molecule has 2 aromatic rings. The number of methoxy groups -OCH3 is 2. The number of rotatable bonds is 13. The Bertz CT molecular complexity index is 1450. The van der Waals surface area contributed by atoms with Crippen LogP contribution in [0.2, 0.25) is 0 Å². The molecule has 0 aliphatic rings. The van der Waals surface area contributed by atoms with Gasteiger partial charge in [-0.15, -0.1) is 0 Å². The maximum Gasteiger partial charge on any atom is 0.432 e. The van der Waals surface area contributed by atoms with E-state index in [0.717, 1.165) is 36.4 Å². The molecule has 0 radical (unpaired) electrons. The molecule has 8 nitrogen and oxygen atoms in total. The van der Waals surface area contributed by atoms with Crippen LogP contribution in [0.4, 0.5) is 26.3 Å². The van der Waals surface area contributed by atoms with Crippen molar-refractivity contribution in [2.45, 2.75) is 70.4 Å². The number of benzene rings is 2. The van der Waals surface area contributed by atoms with E-state index in [9.17, 15) is 40.7 Å². The zero-order chi connectivity index (χ0) is 36.6. The fourth-order valence-corrected chi connectivity index (χ4v) is 4.43. The van der Waals surface area contributed by atoms with Crippen LogP contribution in [-0.2, 0) is 49.3 Å². The van der Waals surface area contributed by atoms with E-state index in [1.165, 1.54) is 56.3 Å². The van der Waals surface area contributed by atoms with Crippen LogP contribution in [0.5, 0.6) is 0 Å². The van der Waals surface area contributed by atoms with Crippen LogP contribution in [0.3, 0.4) is 0 Å². The number of alkyl halides is 6. The number of carbonyl (C=O) groups is 3. The van der Waals surface area contributed by atoms with Gasteiger partial charge in [0.2, 0.25) is 0 Å². The highest BCUT2D eigenvalue weighted by atomic mass is 19.4. The Hall–Kier alpha value is -4.17. The van der Waals surface area contributed by atoms with Gasteiger partial charge in [0.15, 0.2) is 0 Å². The van der Waals surface area contributed by atoms with Crippen molar-refractivity contribution in [1.82, 2.24) is 0 Å². The monoisotopic (exact) mass is 688 g/mol. The van der Waals surface area contributed by atoms with Gasteiger partial charge >= 0.3 is 30.3 Å². The molecule has 14 heteroatoms. The number of carbonyl (C=O) groups excluding carboxylic acids is 3. The molecule has 2 rings (SSSR count). The van der Waals surface area contributed by atoms with E-state index in [2.05, 4.69) is 0 Å². The van der Waals surface area contributed by atoms with E-state index >= 15 is 0 Å². The molecule has 0 heterocycles. The lowest BCUT2D eigenvalue weighted by molar-refractivity contribution is -0.278. The Labute approximate surface area is 274 Å². The van der Waals surface area contributed by atoms with Gasteiger partial charge in [-0.05, 0) is 52.3 Å². The number of esters is 3. The second-order valence-corrected chi connectivity index (χ2v) is 11.6. The van der Waals surface area contributed by atoms with Crippen molar-refractivity contribution in [2.75, 3.05) is 20.8 Å². The van der Waals surface area contributed by atoms with Gasteiger partial charge in [0.25, 0.3) is 11.2 Å². The van der Waals surface area contributed by atoms with Crippen molar-refractivity contribution >= 4 is 17.9 Å². The Morgan fingerprint density at radius 3 is 1.42 bits per heavy atom. The summed E-state index contributed by atoms with van der Waals surface area (Å²) in [5, 5.41) is 0. The van der Waals surface area contributed by atoms with E-state index < -0.39 is 76.8 Å². The van der Waals surface area contributed by atoms with Gasteiger partial charge in [0, 0.05) is 25.3 Å². The van der Waals surface area contributed by atoms with Crippen molar-refractivity contribution in [2.24, 2.45) is 5.41 Å². The van der Waals surface area contributed by atoms with Gasteiger partial charge < -0.3 is 23.7 Å². The summed E-state index contributed by atoms with van der Waals surface area (Å²) in [5.74, 6) is -4.21. The summed E-state index contributed by atoms with van der Waals surface area (Å²) in [7, 11) is 1.42. The lowest BCUT2D eigenvalue weighted by Gasteiger charge is -2.33. The number of halogens is 6. The highest BCUT2D eigenvalue weighted by Crippen LogP contribution is 2.44. The highest BCUT2D eigenvalue weighted by Gasteiger charge is 2.65. The van der Waals surface area contributed by atoms with Crippen molar-refractivity contribution in [3.05, 3.63) is 95.6 Å². The molecular formula is C34H38F6O8. The summed E-state index contributed by atoms with van der Waals surface area (Å²) in [6.45, 7) is 6.70. The molecule has 48 heavy (non-hydrogen) atoms. The fraction of sp³-hybridized carbons (Fsp3) is 0.441. The Kier molecular flexibility index (Phi) is 13.2. The first-order valence-corrected chi connectivity index (χ1v) is 14.5. The summed E-state index contributed by atoms with van der Waals surface area (Å²) in [5.41, 5.74) is -8.88. The molecule has 0 amide bonds. The van der Waals surface area contributed by atoms with Crippen molar-refractivity contribution < 1.29 is 64.4 Å². The van der Waals surface area contributed by atoms with Gasteiger partial charge in [-0.3, -0.25) is 4.79 Å². The number of hydrogen-bond acceptors (Lipinski definition) is 8. The SMILES string of the molecule is CO[C@](C(=O)O[C@@H](C)/C=C(/C=C/[C@H](C)OC(=O)[C@@](OC)(c1ccccc1)C(F)(F)F)COC(=O)C(C)(C)C)(c1ccccc1)C(F)(F)F. The summed E-state index contributed by atoms with van der Waals surface area (Å²) >= 11 is 0. The topological polar surface area (TPSA) is 97.4 Å². The Balaban J connectivity index is 2.42. The van der Waals surface area contributed by atoms with Crippen LogP contribution in [-0.4, -0.2) is 63.3 Å². The summed E-state index contributed by atoms with van der Waals surface area (Å²) in [6, 6.07) is 12.3. The molecular weight excluding hydrogens is 650 g/mol. The Morgan fingerprint density at radius 2 is 1.06 bits per heavy atom. The third-order valence-corrected chi connectivity index (χ3v) is 6.94. The molecule has 0 aromatic heterocycles. The molecule has 0 saturated heterocycles. The summed E-state index contributed by atoms with van der Waals surface area (Å²) < 4.78 is 111. The molecule has 0 fully saturated rings. The second kappa shape index (κ2) is 15.8. The van der Waals surface area contributed by atoms with Gasteiger partial charge in [-0.2, -0.15) is 26.3 Å². The zero-order valence-corrected chi connectivity index (χ0v) is 27.4. The molecule has 264 valence electrons. The van der Waals surface area contributed by atoms with Crippen LogP contribution in [0.25, 0.3) is 0 Å².